The lowest BCUT2D eigenvalue weighted by Crippen LogP contribution is -2.28. The smallest absolute Gasteiger partial charge is 0.230 e. The van der Waals surface area contributed by atoms with Crippen molar-refractivity contribution >= 4 is 17.7 Å². The molecule has 0 saturated carbocycles. The van der Waals surface area contributed by atoms with Gasteiger partial charge in [-0.2, -0.15) is 0 Å². The van der Waals surface area contributed by atoms with Crippen molar-refractivity contribution in [2.45, 2.75) is 25.3 Å². The molecule has 4 heteroatoms. The third kappa shape index (κ3) is 5.20. The van der Waals surface area contributed by atoms with Crippen LogP contribution in [0.15, 0.2) is 54.6 Å². The third-order valence-electron chi connectivity index (χ3n) is 3.38. The van der Waals surface area contributed by atoms with Crippen molar-refractivity contribution in [2.75, 3.05) is 5.75 Å². The van der Waals surface area contributed by atoms with Crippen molar-refractivity contribution in [3.05, 3.63) is 71.3 Å². The largest absolute Gasteiger partial charge is 0.392 e. The Bertz CT molecular complexity index is 584. The summed E-state index contributed by atoms with van der Waals surface area (Å²) in [5.41, 5.74) is 3.18. The molecule has 0 aromatic heterocycles. The number of aliphatic hydroxyl groups is 1. The fourth-order valence-electron chi connectivity index (χ4n) is 2.11. The van der Waals surface area contributed by atoms with Crippen LogP contribution in [0.4, 0.5) is 0 Å². The molecule has 0 saturated heterocycles. The van der Waals surface area contributed by atoms with Crippen LogP contribution in [0.2, 0.25) is 0 Å². The summed E-state index contributed by atoms with van der Waals surface area (Å²) < 4.78 is 0. The van der Waals surface area contributed by atoms with Crippen LogP contribution in [-0.4, -0.2) is 16.8 Å². The second kappa shape index (κ2) is 8.61. The summed E-state index contributed by atoms with van der Waals surface area (Å²) in [7, 11) is 0. The molecule has 116 valence electrons. The van der Waals surface area contributed by atoms with Gasteiger partial charge in [-0.25, -0.2) is 0 Å². The summed E-state index contributed by atoms with van der Waals surface area (Å²) in [5, 5.41) is 12.0. The number of benzene rings is 2. The van der Waals surface area contributed by atoms with Crippen LogP contribution in [0, 0.1) is 0 Å². The Morgan fingerprint density at radius 1 is 1.09 bits per heavy atom. The Labute approximate surface area is 135 Å². The number of thioether (sulfide) groups is 1. The maximum absolute atomic E-state index is 12.0. The van der Waals surface area contributed by atoms with E-state index in [-0.39, 0.29) is 18.6 Å². The van der Waals surface area contributed by atoms with Gasteiger partial charge in [0.25, 0.3) is 0 Å². The average Bonchev–Trinajstić information content (AvgIpc) is 2.56. The summed E-state index contributed by atoms with van der Waals surface area (Å²) in [4.78, 5) is 12.0. The lowest BCUT2D eigenvalue weighted by Gasteiger charge is -2.14. The SMILES string of the molecule is CC(NC(=O)CSCc1ccc(CO)cc1)c1ccccc1. The van der Waals surface area contributed by atoms with Crippen LogP contribution in [-0.2, 0) is 17.2 Å². The molecule has 2 aromatic carbocycles. The zero-order valence-electron chi connectivity index (χ0n) is 12.7. The van der Waals surface area contributed by atoms with E-state index in [2.05, 4.69) is 5.32 Å². The van der Waals surface area contributed by atoms with Crippen LogP contribution < -0.4 is 5.32 Å². The van der Waals surface area contributed by atoms with E-state index in [0.717, 1.165) is 22.4 Å². The maximum Gasteiger partial charge on any atom is 0.230 e. The molecule has 0 bridgehead atoms. The summed E-state index contributed by atoms with van der Waals surface area (Å²) in [5.74, 6) is 1.28. The van der Waals surface area contributed by atoms with E-state index in [1.54, 1.807) is 11.8 Å². The molecule has 2 N–H and O–H groups in total. The van der Waals surface area contributed by atoms with Crippen molar-refractivity contribution in [3.8, 4) is 0 Å². The highest BCUT2D eigenvalue weighted by molar-refractivity contribution is 7.99. The molecule has 0 aliphatic heterocycles. The summed E-state index contributed by atoms with van der Waals surface area (Å²) in [6.07, 6.45) is 0. The van der Waals surface area contributed by atoms with Gasteiger partial charge in [-0.3, -0.25) is 4.79 Å². The van der Waals surface area contributed by atoms with Crippen LogP contribution in [0.1, 0.15) is 29.7 Å². The van der Waals surface area contributed by atoms with Gasteiger partial charge in [0.05, 0.1) is 18.4 Å². The van der Waals surface area contributed by atoms with E-state index in [9.17, 15) is 4.79 Å². The first-order valence-corrected chi connectivity index (χ1v) is 8.45. The first-order chi connectivity index (χ1) is 10.7. The highest BCUT2D eigenvalue weighted by Crippen LogP contribution is 2.15. The van der Waals surface area contributed by atoms with Gasteiger partial charge in [0.2, 0.25) is 5.91 Å². The molecule has 0 aliphatic rings. The molecule has 22 heavy (non-hydrogen) atoms. The van der Waals surface area contributed by atoms with Crippen LogP contribution >= 0.6 is 11.8 Å². The Hall–Kier alpha value is -1.78. The van der Waals surface area contributed by atoms with Gasteiger partial charge in [0.1, 0.15) is 0 Å². The minimum absolute atomic E-state index is 0.0261. The Kier molecular flexibility index (Phi) is 6.49. The molecule has 1 amide bonds. The molecule has 0 heterocycles. The van der Waals surface area contributed by atoms with E-state index >= 15 is 0 Å². The van der Waals surface area contributed by atoms with Crippen molar-refractivity contribution in [1.29, 1.82) is 0 Å². The fourth-order valence-corrected chi connectivity index (χ4v) is 2.91. The van der Waals surface area contributed by atoms with Gasteiger partial charge in [-0.15, -0.1) is 11.8 Å². The van der Waals surface area contributed by atoms with Crippen LogP contribution in [0.5, 0.6) is 0 Å². The fraction of sp³-hybridized carbons (Fsp3) is 0.278. The molecule has 3 nitrogen and oxygen atoms in total. The summed E-state index contributed by atoms with van der Waals surface area (Å²) >= 11 is 1.59. The normalized spacial score (nSPS) is 11.9. The number of amides is 1. The molecule has 2 rings (SSSR count). The second-order valence-corrected chi connectivity index (χ2v) is 6.15. The van der Waals surface area contributed by atoms with E-state index in [1.165, 1.54) is 0 Å². The minimum atomic E-state index is 0.0261. The third-order valence-corrected chi connectivity index (χ3v) is 4.39. The predicted octanol–water partition coefficient (Wildman–Crippen LogP) is 3.29. The molecule has 0 fully saturated rings. The maximum atomic E-state index is 12.0. The van der Waals surface area contributed by atoms with Crippen LogP contribution in [0.25, 0.3) is 0 Å². The van der Waals surface area contributed by atoms with Crippen LogP contribution in [0.3, 0.4) is 0 Å². The van der Waals surface area contributed by atoms with Crippen molar-refractivity contribution in [1.82, 2.24) is 5.32 Å². The molecular weight excluding hydrogens is 294 g/mol. The highest BCUT2D eigenvalue weighted by atomic mass is 32.2. The first kappa shape index (κ1) is 16.6. The number of rotatable bonds is 7. The summed E-state index contributed by atoms with van der Waals surface area (Å²) in [6.45, 7) is 2.05. The molecule has 2 aromatic rings. The molecule has 1 unspecified atom stereocenters. The van der Waals surface area contributed by atoms with Crippen molar-refractivity contribution in [3.63, 3.8) is 0 Å². The Balaban J connectivity index is 1.73. The molecule has 0 radical (unpaired) electrons. The van der Waals surface area contributed by atoms with E-state index < -0.39 is 0 Å². The molecular formula is C18H21NO2S. The number of carbonyl (C=O) groups is 1. The number of hydrogen-bond donors (Lipinski definition) is 2. The van der Waals surface area contributed by atoms with Gasteiger partial charge in [-0.1, -0.05) is 54.6 Å². The number of hydrogen-bond acceptors (Lipinski definition) is 3. The Morgan fingerprint density at radius 2 is 1.73 bits per heavy atom. The van der Waals surface area contributed by atoms with E-state index in [4.69, 9.17) is 5.11 Å². The lowest BCUT2D eigenvalue weighted by molar-refractivity contribution is -0.119. The van der Waals surface area contributed by atoms with Gasteiger partial charge < -0.3 is 10.4 Å². The zero-order chi connectivity index (χ0) is 15.8. The lowest BCUT2D eigenvalue weighted by atomic mass is 10.1. The van der Waals surface area contributed by atoms with Gasteiger partial charge in [-0.05, 0) is 23.6 Å². The molecule has 1 atom stereocenters. The minimum Gasteiger partial charge on any atom is -0.392 e. The molecule has 0 spiro atoms. The topological polar surface area (TPSA) is 49.3 Å². The number of nitrogens with one attached hydrogen (secondary N) is 1. The van der Waals surface area contributed by atoms with Crippen molar-refractivity contribution < 1.29 is 9.90 Å². The Morgan fingerprint density at radius 3 is 2.36 bits per heavy atom. The number of aliphatic hydroxyl groups excluding tert-OH is 1. The van der Waals surface area contributed by atoms with Gasteiger partial charge in [0.15, 0.2) is 0 Å². The van der Waals surface area contributed by atoms with E-state index in [1.807, 2.05) is 61.5 Å². The highest BCUT2D eigenvalue weighted by Gasteiger charge is 2.09. The van der Waals surface area contributed by atoms with Gasteiger partial charge >= 0.3 is 0 Å². The predicted molar refractivity (Wildman–Crippen MR) is 91.5 cm³/mol. The molecule has 0 aliphatic carbocycles. The second-order valence-electron chi connectivity index (χ2n) is 5.17. The van der Waals surface area contributed by atoms with Gasteiger partial charge in [0, 0.05) is 5.75 Å². The number of carbonyl (C=O) groups excluding carboxylic acids is 1. The zero-order valence-corrected chi connectivity index (χ0v) is 13.5. The quantitative estimate of drug-likeness (QED) is 0.824. The first-order valence-electron chi connectivity index (χ1n) is 7.30. The standard InChI is InChI=1S/C18H21NO2S/c1-14(17-5-3-2-4-6-17)19-18(21)13-22-12-16-9-7-15(11-20)8-10-16/h2-10,14,20H,11-13H2,1H3,(H,19,21). The monoisotopic (exact) mass is 315 g/mol. The van der Waals surface area contributed by atoms with Crippen molar-refractivity contribution in [2.24, 2.45) is 0 Å². The average molecular weight is 315 g/mol. The summed E-state index contributed by atoms with van der Waals surface area (Å²) in [6, 6.07) is 17.8. The van der Waals surface area contributed by atoms with E-state index in [0.29, 0.717) is 5.75 Å².